The summed E-state index contributed by atoms with van der Waals surface area (Å²) in [5.74, 6) is -2.70. The largest absolute Gasteiger partial charge is 0.481 e. The van der Waals surface area contributed by atoms with Crippen LogP contribution in [0.2, 0.25) is 10.0 Å². The number of carboxylic acids is 2. The van der Waals surface area contributed by atoms with Crippen molar-refractivity contribution in [3.63, 3.8) is 0 Å². The lowest BCUT2D eigenvalue weighted by molar-refractivity contribution is -0.137. The SMILES string of the molecule is CCc1c(Cl)ccc(Nc2ccc(C)cc2CC(=O)O)c1F.CCc1ccc(Nc2ccc(Cl)c(C)c2F)c(CC(=O)O)c1. The highest BCUT2D eigenvalue weighted by Crippen LogP contribution is 2.31. The van der Waals surface area contributed by atoms with E-state index in [9.17, 15) is 18.4 Å². The van der Waals surface area contributed by atoms with Crippen LogP contribution in [0.1, 0.15) is 47.2 Å². The summed E-state index contributed by atoms with van der Waals surface area (Å²) in [4.78, 5) is 22.0. The number of rotatable bonds is 10. The molecule has 6 nitrogen and oxygen atoms in total. The lowest BCUT2D eigenvalue weighted by Crippen LogP contribution is -2.05. The van der Waals surface area contributed by atoms with Gasteiger partial charge in [0, 0.05) is 32.5 Å². The lowest BCUT2D eigenvalue weighted by Gasteiger charge is -2.14. The molecule has 0 atom stereocenters. The molecule has 232 valence electrons. The van der Waals surface area contributed by atoms with Gasteiger partial charge in [-0.25, -0.2) is 8.78 Å². The van der Waals surface area contributed by atoms with Crippen LogP contribution >= 0.6 is 23.2 Å². The maximum Gasteiger partial charge on any atom is 0.307 e. The van der Waals surface area contributed by atoms with E-state index in [2.05, 4.69) is 10.6 Å². The molecular weight excluding hydrogens is 609 g/mol. The van der Waals surface area contributed by atoms with Gasteiger partial charge in [-0.15, -0.1) is 0 Å². The first-order chi connectivity index (χ1) is 20.8. The number of hydrogen-bond donors (Lipinski definition) is 4. The van der Waals surface area contributed by atoms with Gasteiger partial charge in [0.25, 0.3) is 0 Å². The van der Waals surface area contributed by atoms with Crippen LogP contribution in [0.4, 0.5) is 31.5 Å². The fraction of sp³-hybridized carbons (Fsp3) is 0.235. The van der Waals surface area contributed by atoms with Gasteiger partial charge in [-0.05, 0) is 79.8 Å². The van der Waals surface area contributed by atoms with E-state index in [1.54, 1.807) is 49.4 Å². The lowest BCUT2D eigenvalue weighted by atomic mass is 10.0. The van der Waals surface area contributed by atoms with Crippen molar-refractivity contribution in [1.29, 1.82) is 0 Å². The van der Waals surface area contributed by atoms with Gasteiger partial charge in [-0.3, -0.25) is 9.59 Å². The summed E-state index contributed by atoms with van der Waals surface area (Å²) in [5.41, 5.74) is 5.75. The van der Waals surface area contributed by atoms with Crippen molar-refractivity contribution >= 4 is 57.9 Å². The first-order valence-electron chi connectivity index (χ1n) is 13.9. The van der Waals surface area contributed by atoms with Gasteiger partial charge < -0.3 is 20.8 Å². The monoisotopic (exact) mass is 642 g/mol. The molecule has 0 aliphatic heterocycles. The quantitative estimate of drug-likeness (QED) is 0.137. The Bertz CT molecular complexity index is 1680. The topological polar surface area (TPSA) is 98.7 Å². The predicted molar refractivity (Wildman–Crippen MR) is 173 cm³/mol. The second kappa shape index (κ2) is 15.5. The number of carboxylic acid groups (broad SMARTS) is 2. The second-order valence-electron chi connectivity index (χ2n) is 10.2. The number of aryl methyl sites for hydroxylation is 2. The molecule has 4 aromatic carbocycles. The van der Waals surface area contributed by atoms with E-state index in [4.69, 9.17) is 33.4 Å². The van der Waals surface area contributed by atoms with Crippen LogP contribution < -0.4 is 10.6 Å². The normalized spacial score (nSPS) is 10.5. The Morgan fingerprint density at radius 2 is 1.18 bits per heavy atom. The Labute approximate surface area is 265 Å². The summed E-state index contributed by atoms with van der Waals surface area (Å²) in [6.07, 6.45) is 1.04. The molecule has 10 heteroatoms. The smallest absolute Gasteiger partial charge is 0.307 e. The summed E-state index contributed by atoms with van der Waals surface area (Å²) in [6, 6.07) is 17.2. The van der Waals surface area contributed by atoms with Crippen molar-refractivity contribution in [3.05, 3.63) is 116 Å². The molecule has 4 rings (SSSR count). The third-order valence-corrected chi connectivity index (χ3v) is 7.68. The summed E-state index contributed by atoms with van der Waals surface area (Å²) >= 11 is 11.9. The third kappa shape index (κ3) is 8.94. The standard InChI is InChI=1S/2C17H17ClFNO2/c1-3-11-4-6-14(12(8-11)9-16(21)22)20-15-7-5-13(18)10(2)17(15)19;1-3-12-13(18)5-7-15(17(12)19)20-14-6-4-10(2)8-11(14)9-16(21)22/h2*4-8,20H,3,9H2,1-2H3,(H,21,22). The Balaban J connectivity index is 0.000000240. The number of nitrogens with one attached hydrogen (secondary N) is 2. The van der Waals surface area contributed by atoms with Crippen LogP contribution in [0.25, 0.3) is 0 Å². The highest BCUT2D eigenvalue weighted by molar-refractivity contribution is 6.31. The second-order valence-corrected chi connectivity index (χ2v) is 11.0. The van der Waals surface area contributed by atoms with Crippen LogP contribution in [0.5, 0.6) is 0 Å². The zero-order valence-corrected chi connectivity index (χ0v) is 26.3. The Hall–Kier alpha value is -4.14. The summed E-state index contributed by atoms with van der Waals surface area (Å²) in [6.45, 7) is 7.30. The summed E-state index contributed by atoms with van der Waals surface area (Å²) < 4.78 is 28.7. The number of halogens is 4. The van der Waals surface area contributed by atoms with E-state index < -0.39 is 23.6 Å². The average Bonchev–Trinajstić information content (AvgIpc) is 2.97. The third-order valence-electron chi connectivity index (χ3n) is 6.92. The van der Waals surface area contributed by atoms with Gasteiger partial charge in [0.2, 0.25) is 0 Å². The van der Waals surface area contributed by atoms with Crippen molar-refractivity contribution in [3.8, 4) is 0 Å². The van der Waals surface area contributed by atoms with E-state index in [1.807, 2.05) is 39.0 Å². The molecule has 0 unspecified atom stereocenters. The highest BCUT2D eigenvalue weighted by atomic mass is 35.5. The van der Waals surface area contributed by atoms with Gasteiger partial charge in [0.15, 0.2) is 11.6 Å². The van der Waals surface area contributed by atoms with Crippen molar-refractivity contribution in [2.45, 2.75) is 53.4 Å². The van der Waals surface area contributed by atoms with Gasteiger partial charge in [0.05, 0.1) is 24.2 Å². The van der Waals surface area contributed by atoms with Crippen molar-refractivity contribution in [2.75, 3.05) is 10.6 Å². The minimum atomic E-state index is -0.931. The molecule has 0 amide bonds. The molecule has 4 N–H and O–H groups in total. The highest BCUT2D eigenvalue weighted by Gasteiger charge is 2.15. The van der Waals surface area contributed by atoms with Crippen molar-refractivity contribution < 1.29 is 28.6 Å². The first kappa shape index (κ1) is 34.4. The zero-order valence-electron chi connectivity index (χ0n) is 24.8. The Morgan fingerprint density at radius 3 is 1.73 bits per heavy atom. The first-order valence-corrected chi connectivity index (χ1v) is 14.7. The van der Waals surface area contributed by atoms with Crippen molar-refractivity contribution in [1.82, 2.24) is 0 Å². The molecule has 4 aromatic rings. The Kier molecular flexibility index (Phi) is 12.1. The molecule has 0 fully saturated rings. The van der Waals surface area contributed by atoms with Gasteiger partial charge in [0.1, 0.15) is 0 Å². The van der Waals surface area contributed by atoms with Gasteiger partial charge >= 0.3 is 11.9 Å². The number of benzene rings is 4. The minimum Gasteiger partial charge on any atom is -0.481 e. The fourth-order valence-corrected chi connectivity index (χ4v) is 4.94. The summed E-state index contributed by atoms with van der Waals surface area (Å²) in [7, 11) is 0. The maximum absolute atomic E-state index is 14.4. The fourth-order valence-electron chi connectivity index (χ4n) is 4.52. The molecule has 0 radical (unpaired) electrons. The zero-order chi connectivity index (χ0) is 32.6. The number of hydrogen-bond acceptors (Lipinski definition) is 4. The minimum absolute atomic E-state index is 0.121. The molecule has 0 bridgehead atoms. The van der Waals surface area contributed by atoms with Crippen LogP contribution in [-0.4, -0.2) is 22.2 Å². The maximum atomic E-state index is 14.4. The van der Waals surface area contributed by atoms with E-state index in [0.29, 0.717) is 50.1 Å². The molecule has 0 aliphatic rings. The molecule has 0 heterocycles. The molecule has 44 heavy (non-hydrogen) atoms. The van der Waals surface area contributed by atoms with E-state index in [1.165, 1.54) is 0 Å². The average molecular weight is 644 g/mol. The molecule has 0 aromatic heterocycles. The Morgan fingerprint density at radius 1 is 0.682 bits per heavy atom. The number of carbonyl (C=O) groups is 2. The van der Waals surface area contributed by atoms with Gasteiger partial charge in [-0.2, -0.15) is 0 Å². The van der Waals surface area contributed by atoms with E-state index in [0.717, 1.165) is 17.5 Å². The number of aliphatic carboxylic acids is 2. The molecule has 0 aliphatic carbocycles. The van der Waals surface area contributed by atoms with Crippen LogP contribution in [-0.2, 0) is 35.3 Å². The van der Waals surface area contributed by atoms with Gasteiger partial charge in [-0.1, -0.05) is 66.9 Å². The van der Waals surface area contributed by atoms with E-state index >= 15 is 0 Å². The van der Waals surface area contributed by atoms with Crippen LogP contribution in [0, 0.1) is 25.5 Å². The predicted octanol–water partition coefficient (Wildman–Crippen LogP) is 9.44. The van der Waals surface area contributed by atoms with E-state index in [-0.39, 0.29) is 24.2 Å². The van der Waals surface area contributed by atoms with Crippen molar-refractivity contribution in [2.24, 2.45) is 0 Å². The van der Waals surface area contributed by atoms with Crippen LogP contribution in [0.15, 0.2) is 60.7 Å². The summed E-state index contributed by atoms with van der Waals surface area (Å²) in [5, 5.41) is 24.7. The van der Waals surface area contributed by atoms with Crippen LogP contribution in [0.3, 0.4) is 0 Å². The molecular formula is C34H34Cl2F2N2O4. The molecule has 0 saturated carbocycles. The number of anilines is 4. The molecule has 0 spiro atoms. The molecule has 0 saturated heterocycles.